The van der Waals surface area contributed by atoms with E-state index in [-0.39, 0.29) is 12.3 Å². The number of nitrogens with one attached hydrogen (secondary N) is 1. The SMILES string of the molecule is CC/C(Cc1ccccc1)=N\NC(=O)Cc1cn2ccsc2n1. The van der Waals surface area contributed by atoms with E-state index in [1.165, 1.54) is 5.56 Å². The number of rotatable bonds is 6. The minimum Gasteiger partial charge on any atom is -0.297 e. The maximum absolute atomic E-state index is 12.0. The molecule has 118 valence electrons. The van der Waals surface area contributed by atoms with E-state index >= 15 is 0 Å². The molecule has 2 heterocycles. The van der Waals surface area contributed by atoms with E-state index in [9.17, 15) is 4.79 Å². The van der Waals surface area contributed by atoms with Gasteiger partial charge in [0.2, 0.25) is 5.91 Å². The van der Waals surface area contributed by atoms with Crippen molar-refractivity contribution in [3.63, 3.8) is 0 Å². The largest absolute Gasteiger partial charge is 0.297 e. The molecule has 0 radical (unpaired) electrons. The van der Waals surface area contributed by atoms with Crippen molar-refractivity contribution in [2.45, 2.75) is 26.2 Å². The summed E-state index contributed by atoms with van der Waals surface area (Å²) in [6, 6.07) is 10.1. The second-order valence-corrected chi connectivity index (χ2v) is 6.10. The number of aromatic nitrogens is 2. The molecular formula is C17H18N4OS. The number of amides is 1. The van der Waals surface area contributed by atoms with Crippen molar-refractivity contribution in [3.8, 4) is 0 Å². The summed E-state index contributed by atoms with van der Waals surface area (Å²) in [4.78, 5) is 17.3. The molecular weight excluding hydrogens is 308 g/mol. The van der Waals surface area contributed by atoms with E-state index in [1.807, 2.05) is 47.3 Å². The summed E-state index contributed by atoms with van der Waals surface area (Å²) < 4.78 is 1.92. The molecule has 0 aliphatic rings. The van der Waals surface area contributed by atoms with Gasteiger partial charge in [-0.2, -0.15) is 5.10 Å². The van der Waals surface area contributed by atoms with E-state index < -0.39 is 0 Å². The molecule has 2 aromatic heterocycles. The first kappa shape index (κ1) is 15.4. The highest BCUT2D eigenvalue weighted by atomic mass is 32.1. The minimum atomic E-state index is -0.144. The van der Waals surface area contributed by atoms with E-state index in [4.69, 9.17) is 0 Å². The zero-order valence-electron chi connectivity index (χ0n) is 12.9. The number of hydrazone groups is 1. The first-order valence-electron chi connectivity index (χ1n) is 7.54. The lowest BCUT2D eigenvalue weighted by Gasteiger charge is -2.05. The number of hydrogen-bond acceptors (Lipinski definition) is 4. The van der Waals surface area contributed by atoms with Gasteiger partial charge in [-0.05, 0) is 12.0 Å². The van der Waals surface area contributed by atoms with Crippen LogP contribution in [-0.2, 0) is 17.6 Å². The van der Waals surface area contributed by atoms with Gasteiger partial charge in [-0.3, -0.25) is 9.20 Å². The highest BCUT2D eigenvalue weighted by molar-refractivity contribution is 7.15. The van der Waals surface area contributed by atoms with Crippen LogP contribution in [0.25, 0.3) is 4.96 Å². The van der Waals surface area contributed by atoms with Crippen molar-refractivity contribution < 1.29 is 4.79 Å². The summed E-state index contributed by atoms with van der Waals surface area (Å²) in [5.41, 5.74) is 5.54. The van der Waals surface area contributed by atoms with Gasteiger partial charge in [0.25, 0.3) is 0 Å². The van der Waals surface area contributed by atoms with E-state index in [1.54, 1.807) is 11.3 Å². The van der Waals surface area contributed by atoms with E-state index in [0.717, 1.165) is 29.2 Å². The fourth-order valence-corrected chi connectivity index (χ4v) is 3.00. The third kappa shape index (κ3) is 4.04. The van der Waals surface area contributed by atoms with Crippen LogP contribution in [-0.4, -0.2) is 21.0 Å². The smallest absolute Gasteiger partial charge is 0.246 e. The van der Waals surface area contributed by atoms with Crippen molar-refractivity contribution in [2.75, 3.05) is 0 Å². The molecule has 0 bridgehead atoms. The van der Waals surface area contributed by atoms with Crippen molar-refractivity contribution >= 4 is 27.9 Å². The van der Waals surface area contributed by atoms with Crippen LogP contribution in [0.5, 0.6) is 0 Å². The van der Waals surface area contributed by atoms with Gasteiger partial charge in [0.15, 0.2) is 4.96 Å². The Morgan fingerprint density at radius 1 is 1.30 bits per heavy atom. The number of nitrogens with zero attached hydrogens (tertiary/aromatic N) is 3. The molecule has 3 rings (SSSR count). The monoisotopic (exact) mass is 326 g/mol. The highest BCUT2D eigenvalue weighted by Gasteiger charge is 2.08. The number of carbonyl (C=O) groups is 1. The lowest BCUT2D eigenvalue weighted by Crippen LogP contribution is -2.22. The van der Waals surface area contributed by atoms with Crippen LogP contribution < -0.4 is 5.43 Å². The third-order valence-corrected chi connectivity index (χ3v) is 4.25. The topological polar surface area (TPSA) is 58.8 Å². The van der Waals surface area contributed by atoms with Crippen LogP contribution >= 0.6 is 11.3 Å². The lowest BCUT2D eigenvalue weighted by molar-refractivity contribution is -0.120. The molecule has 6 heteroatoms. The molecule has 0 spiro atoms. The molecule has 1 aromatic carbocycles. The summed E-state index contributed by atoms with van der Waals surface area (Å²) in [6.07, 6.45) is 5.59. The average Bonchev–Trinajstić information content (AvgIpc) is 3.13. The molecule has 0 aliphatic heterocycles. The van der Waals surface area contributed by atoms with Gasteiger partial charge in [-0.15, -0.1) is 11.3 Å². The molecule has 0 fully saturated rings. The van der Waals surface area contributed by atoms with Crippen LogP contribution in [0.1, 0.15) is 24.6 Å². The van der Waals surface area contributed by atoms with Crippen LogP contribution in [0, 0.1) is 0 Å². The number of benzene rings is 1. The maximum Gasteiger partial charge on any atom is 0.246 e. The number of carbonyl (C=O) groups excluding carboxylic acids is 1. The minimum absolute atomic E-state index is 0.144. The van der Waals surface area contributed by atoms with Gasteiger partial charge < -0.3 is 0 Å². The molecule has 3 aromatic rings. The second kappa shape index (κ2) is 7.19. The van der Waals surface area contributed by atoms with Gasteiger partial charge in [-0.25, -0.2) is 10.4 Å². The van der Waals surface area contributed by atoms with Crippen LogP contribution in [0.15, 0.2) is 53.2 Å². The second-order valence-electron chi connectivity index (χ2n) is 5.23. The molecule has 1 amide bonds. The Kier molecular flexibility index (Phi) is 4.83. The van der Waals surface area contributed by atoms with Gasteiger partial charge in [0, 0.05) is 29.9 Å². The first-order valence-corrected chi connectivity index (χ1v) is 8.42. The van der Waals surface area contributed by atoms with Gasteiger partial charge in [0.05, 0.1) is 12.1 Å². The fraction of sp³-hybridized carbons (Fsp3) is 0.235. The Hall–Kier alpha value is -2.47. The number of thiazole rings is 1. The molecule has 0 saturated heterocycles. The van der Waals surface area contributed by atoms with E-state index in [2.05, 4.69) is 27.6 Å². The summed E-state index contributed by atoms with van der Waals surface area (Å²) in [7, 11) is 0. The Morgan fingerprint density at radius 2 is 2.13 bits per heavy atom. The van der Waals surface area contributed by atoms with Crippen molar-refractivity contribution in [2.24, 2.45) is 5.10 Å². The van der Waals surface area contributed by atoms with Crippen molar-refractivity contribution in [3.05, 3.63) is 59.4 Å². The maximum atomic E-state index is 12.0. The van der Waals surface area contributed by atoms with Crippen LogP contribution in [0.2, 0.25) is 0 Å². The van der Waals surface area contributed by atoms with Crippen molar-refractivity contribution in [1.82, 2.24) is 14.8 Å². The molecule has 5 nitrogen and oxygen atoms in total. The summed E-state index contributed by atoms with van der Waals surface area (Å²) in [6.45, 7) is 2.04. The molecule has 0 atom stereocenters. The third-order valence-electron chi connectivity index (χ3n) is 3.48. The zero-order valence-corrected chi connectivity index (χ0v) is 13.7. The number of hydrogen-bond donors (Lipinski definition) is 1. The molecule has 0 aliphatic carbocycles. The summed E-state index contributed by atoms with van der Waals surface area (Å²) in [5.74, 6) is -0.144. The van der Waals surface area contributed by atoms with E-state index in [0.29, 0.717) is 0 Å². The zero-order chi connectivity index (χ0) is 16.1. The van der Waals surface area contributed by atoms with Gasteiger partial charge >= 0.3 is 0 Å². The van der Waals surface area contributed by atoms with Crippen LogP contribution in [0.4, 0.5) is 0 Å². The number of imidazole rings is 1. The molecule has 0 saturated carbocycles. The predicted octanol–water partition coefficient (Wildman–Crippen LogP) is 3.06. The Balaban J connectivity index is 1.58. The van der Waals surface area contributed by atoms with Gasteiger partial charge in [-0.1, -0.05) is 37.3 Å². The van der Waals surface area contributed by atoms with Crippen LogP contribution in [0.3, 0.4) is 0 Å². The lowest BCUT2D eigenvalue weighted by atomic mass is 10.1. The average molecular weight is 326 g/mol. The highest BCUT2D eigenvalue weighted by Crippen LogP contribution is 2.11. The molecule has 0 unspecified atom stereocenters. The standard InChI is InChI=1S/C17H18N4OS/c1-2-14(10-13-6-4-3-5-7-13)19-20-16(22)11-15-12-21-8-9-23-17(21)18-15/h3-9,12H,2,10-11H2,1H3,(H,20,22)/b19-14+. The Bertz CT molecular complexity index is 791. The Morgan fingerprint density at radius 3 is 2.87 bits per heavy atom. The summed E-state index contributed by atoms with van der Waals surface area (Å²) in [5, 5.41) is 6.23. The number of fused-ring (bicyclic) bond motifs is 1. The Labute approximate surface area is 138 Å². The van der Waals surface area contributed by atoms with Gasteiger partial charge in [0.1, 0.15) is 0 Å². The predicted molar refractivity (Wildman–Crippen MR) is 92.8 cm³/mol. The molecule has 1 N–H and O–H groups in total. The normalized spacial score (nSPS) is 11.8. The fourth-order valence-electron chi connectivity index (χ4n) is 2.28. The van der Waals surface area contributed by atoms with Crippen molar-refractivity contribution in [1.29, 1.82) is 0 Å². The summed E-state index contributed by atoms with van der Waals surface area (Å²) >= 11 is 1.55. The first-order chi connectivity index (χ1) is 11.2. The quantitative estimate of drug-likeness (QED) is 0.559. The molecule has 23 heavy (non-hydrogen) atoms.